The average Bonchev–Trinajstić information content (AvgIpc) is 3.10. The van der Waals surface area contributed by atoms with Gasteiger partial charge in [0, 0.05) is 0 Å². The quantitative estimate of drug-likeness (QED) is 0.614. The molecule has 1 aromatic carbocycles. The van der Waals surface area contributed by atoms with Crippen molar-refractivity contribution in [3.63, 3.8) is 0 Å². The highest BCUT2D eigenvalue weighted by Crippen LogP contribution is 2.31. The molecule has 0 atom stereocenters. The van der Waals surface area contributed by atoms with Crippen LogP contribution in [-0.4, -0.2) is 0 Å². The molecule has 0 unspecified atom stereocenters. The Bertz CT molecular complexity index is 213. The topological polar surface area (TPSA) is 0 Å². The summed E-state index contributed by atoms with van der Waals surface area (Å²) in [6.45, 7) is 8.19. The van der Waals surface area contributed by atoms with Gasteiger partial charge in [-0.2, -0.15) is 0 Å². The summed E-state index contributed by atoms with van der Waals surface area (Å²) < 4.78 is 12.1. The lowest BCUT2D eigenvalue weighted by Crippen LogP contribution is -1.71. The van der Waals surface area contributed by atoms with E-state index in [1.165, 1.54) is 31.4 Å². The van der Waals surface area contributed by atoms with E-state index in [1.54, 1.807) is 12.1 Å². The Hall–Kier alpha value is -0.850. The normalized spacial score (nSPS) is 13.1. The van der Waals surface area contributed by atoms with Gasteiger partial charge in [-0.15, -0.1) is 0 Å². The number of aryl methyl sites for hydroxylation is 1. The molecule has 86 valence electrons. The number of rotatable bonds is 1. The van der Waals surface area contributed by atoms with E-state index >= 15 is 0 Å². The Morgan fingerprint density at radius 3 is 1.80 bits per heavy atom. The van der Waals surface area contributed by atoms with Crippen LogP contribution in [0.2, 0.25) is 0 Å². The zero-order chi connectivity index (χ0) is 11.7. The molecule has 0 nitrogen and oxygen atoms in total. The fraction of sp³-hybridized carbons (Fsp3) is 0.571. The van der Waals surface area contributed by atoms with E-state index in [-0.39, 0.29) is 5.82 Å². The van der Waals surface area contributed by atoms with E-state index < -0.39 is 0 Å². The molecule has 0 aliphatic heterocycles. The lowest BCUT2D eigenvalue weighted by Gasteiger charge is -1.87. The van der Waals surface area contributed by atoms with Gasteiger partial charge in [0.15, 0.2) is 0 Å². The lowest BCUT2D eigenvalue weighted by atomic mass is 10.2. The van der Waals surface area contributed by atoms with Crippen molar-refractivity contribution in [2.24, 2.45) is 5.92 Å². The summed E-state index contributed by atoms with van der Waals surface area (Å²) in [5, 5.41) is 0. The fourth-order valence-corrected chi connectivity index (χ4v) is 1.06. The molecule has 1 fully saturated rings. The Kier molecular flexibility index (Phi) is 7.98. The van der Waals surface area contributed by atoms with Crippen molar-refractivity contribution in [3.8, 4) is 0 Å². The van der Waals surface area contributed by atoms with Crippen molar-refractivity contribution in [3.05, 3.63) is 35.6 Å². The van der Waals surface area contributed by atoms with Crippen molar-refractivity contribution >= 4 is 0 Å². The van der Waals surface area contributed by atoms with Crippen LogP contribution in [0.3, 0.4) is 0 Å². The zero-order valence-electron chi connectivity index (χ0n) is 10.4. The summed E-state index contributed by atoms with van der Waals surface area (Å²) in [5.74, 6) is 0.964. The highest BCUT2D eigenvalue weighted by atomic mass is 19.1. The monoisotopic (exact) mass is 210 g/mol. The standard InChI is InChI=1S/C7H7F.C5H10.C2H6/c1-6-2-4-7(8)5-3-6;1-2-5-3-4-5;1-2/h2-5H,1H3;5H,2-4H2,1H3;1-2H3. The van der Waals surface area contributed by atoms with Gasteiger partial charge in [-0.25, -0.2) is 4.39 Å². The first-order chi connectivity index (χ1) is 7.22. The highest BCUT2D eigenvalue weighted by molar-refractivity contribution is 5.13. The third kappa shape index (κ3) is 8.17. The van der Waals surface area contributed by atoms with Gasteiger partial charge < -0.3 is 0 Å². The summed E-state index contributed by atoms with van der Waals surface area (Å²) in [6, 6.07) is 6.40. The smallest absolute Gasteiger partial charge is 0.123 e. The second-order valence-electron chi connectivity index (χ2n) is 3.65. The third-order valence-electron chi connectivity index (χ3n) is 2.29. The van der Waals surface area contributed by atoms with Crippen molar-refractivity contribution in [1.82, 2.24) is 0 Å². The van der Waals surface area contributed by atoms with E-state index in [4.69, 9.17) is 0 Å². The molecule has 0 aromatic heterocycles. The van der Waals surface area contributed by atoms with Gasteiger partial charge in [-0.05, 0) is 25.0 Å². The first kappa shape index (κ1) is 14.2. The Morgan fingerprint density at radius 1 is 1.13 bits per heavy atom. The Balaban J connectivity index is 0.000000241. The van der Waals surface area contributed by atoms with E-state index in [2.05, 4.69) is 6.92 Å². The Morgan fingerprint density at radius 2 is 1.60 bits per heavy atom. The van der Waals surface area contributed by atoms with E-state index in [1.807, 2.05) is 20.8 Å². The summed E-state index contributed by atoms with van der Waals surface area (Å²) in [7, 11) is 0. The average molecular weight is 210 g/mol. The maximum Gasteiger partial charge on any atom is 0.123 e. The van der Waals surface area contributed by atoms with Crippen molar-refractivity contribution in [2.45, 2.75) is 47.0 Å². The summed E-state index contributed by atoms with van der Waals surface area (Å²) in [6.07, 6.45) is 4.44. The number of hydrogen-bond acceptors (Lipinski definition) is 0. The first-order valence-electron chi connectivity index (χ1n) is 5.94. The summed E-state index contributed by atoms with van der Waals surface area (Å²) >= 11 is 0. The van der Waals surface area contributed by atoms with Crippen LogP contribution in [0.1, 0.15) is 45.6 Å². The van der Waals surface area contributed by atoms with Gasteiger partial charge in [0.1, 0.15) is 5.82 Å². The molecule has 15 heavy (non-hydrogen) atoms. The minimum Gasteiger partial charge on any atom is -0.207 e. The predicted molar refractivity (Wildman–Crippen MR) is 65.5 cm³/mol. The van der Waals surface area contributed by atoms with Crippen LogP contribution >= 0.6 is 0 Å². The number of benzene rings is 1. The predicted octanol–water partition coefficient (Wildman–Crippen LogP) is 4.97. The van der Waals surface area contributed by atoms with Crippen molar-refractivity contribution < 1.29 is 4.39 Å². The fourth-order valence-electron chi connectivity index (χ4n) is 1.06. The molecule has 1 heteroatoms. The van der Waals surface area contributed by atoms with Gasteiger partial charge in [0.2, 0.25) is 0 Å². The molecule has 0 bridgehead atoms. The summed E-state index contributed by atoms with van der Waals surface area (Å²) in [5.41, 5.74) is 1.09. The zero-order valence-corrected chi connectivity index (χ0v) is 10.4. The van der Waals surface area contributed by atoms with E-state index in [0.29, 0.717) is 0 Å². The van der Waals surface area contributed by atoms with Crippen LogP contribution in [0.5, 0.6) is 0 Å². The minimum atomic E-state index is -0.171. The molecule has 0 spiro atoms. The van der Waals surface area contributed by atoms with Crippen molar-refractivity contribution in [2.75, 3.05) is 0 Å². The third-order valence-corrected chi connectivity index (χ3v) is 2.29. The van der Waals surface area contributed by atoms with E-state index in [0.717, 1.165) is 11.5 Å². The SMILES string of the molecule is CC.CCC1CC1.Cc1ccc(F)cc1. The molecule has 0 N–H and O–H groups in total. The van der Waals surface area contributed by atoms with Gasteiger partial charge in [0.25, 0.3) is 0 Å². The maximum absolute atomic E-state index is 12.1. The van der Waals surface area contributed by atoms with Gasteiger partial charge in [-0.3, -0.25) is 0 Å². The Labute approximate surface area is 93.5 Å². The van der Waals surface area contributed by atoms with Crippen LogP contribution in [0.25, 0.3) is 0 Å². The molecule has 1 aliphatic carbocycles. The molecule has 1 saturated carbocycles. The molecule has 0 amide bonds. The summed E-state index contributed by atoms with van der Waals surface area (Å²) in [4.78, 5) is 0. The van der Waals surface area contributed by atoms with E-state index in [9.17, 15) is 4.39 Å². The molecular weight excluding hydrogens is 187 g/mol. The molecule has 0 radical (unpaired) electrons. The highest BCUT2D eigenvalue weighted by Gasteiger charge is 2.17. The van der Waals surface area contributed by atoms with Gasteiger partial charge in [-0.1, -0.05) is 57.7 Å². The lowest BCUT2D eigenvalue weighted by molar-refractivity contribution is 0.627. The second kappa shape index (κ2) is 8.46. The van der Waals surface area contributed by atoms with Crippen LogP contribution in [-0.2, 0) is 0 Å². The van der Waals surface area contributed by atoms with Gasteiger partial charge in [0.05, 0.1) is 0 Å². The number of halogens is 1. The molecule has 0 saturated heterocycles. The molecule has 2 rings (SSSR count). The van der Waals surface area contributed by atoms with Crippen LogP contribution < -0.4 is 0 Å². The largest absolute Gasteiger partial charge is 0.207 e. The minimum absolute atomic E-state index is 0.171. The molecule has 0 heterocycles. The van der Waals surface area contributed by atoms with Crippen LogP contribution in [0, 0.1) is 18.7 Å². The molecular formula is C14H23F. The second-order valence-corrected chi connectivity index (χ2v) is 3.65. The van der Waals surface area contributed by atoms with Crippen LogP contribution in [0.4, 0.5) is 4.39 Å². The van der Waals surface area contributed by atoms with Crippen molar-refractivity contribution in [1.29, 1.82) is 0 Å². The van der Waals surface area contributed by atoms with Gasteiger partial charge >= 0.3 is 0 Å². The van der Waals surface area contributed by atoms with Crippen LogP contribution in [0.15, 0.2) is 24.3 Å². The molecule has 1 aromatic rings. The molecule has 1 aliphatic rings. The first-order valence-corrected chi connectivity index (χ1v) is 5.94. The number of hydrogen-bond donors (Lipinski definition) is 0. The maximum atomic E-state index is 12.1.